The summed E-state index contributed by atoms with van der Waals surface area (Å²) in [5.74, 6) is 1.58. The van der Waals surface area contributed by atoms with Crippen molar-refractivity contribution in [2.24, 2.45) is 5.92 Å². The predicted molar refractivity (Wildman–Crippen MR) is 75.9 cm³/mol. The van der Waals surface area contributed by atoms with Crippen LogP contribution in [0.1, 0.15) is 44.6 Å². The normalized spacial score (nSPS) is 19.8. The van der Waals surface area contributed by atoms with Crippen molar-refractivity contribution in [3.8, 4) is 0 Å². The molecule has 1 aliphatic heterocycles. The van der Waals surface area contributed by atoms with Crippen LogP contribution in [-0.4, -0.2) is 29.2 Å². The number of rotatable bonds is 6. The van der Waals surface area contributed by atoms with E-state index >= 15 is 0 Å². The number of nitrogens with zero attached hydrogens (tertiary/aromatic N) is 2. The minimum atomic E-state index is 0.313. The number of ether oxygens (including phenoxy) is 1. The molecule has 4 heteroatoms. The zero-order chi connectivity index (χ0) is 13.5. The summed E-state index contributed by atoms with van der Waals surface area (Å²) in [6, 6.07) is 1.98. The third kappa shape index (κ3) is 5.25. The topological polar surface area (TPSA) is 47.0 Å². The summed E-state index contributed by atoms with van der Waals surface area (Å²) < 4.78 is 5.74. The number of aromatic nitrogens is 2. The second-order valence-corrected chi connectivity index (χ2v) is 5.68. The SMILES string of the molecule is CC(C)CNCc1ccnc(CC2CCCCO2)n1. The predicted octanol–water partition coefficient (Wildman–Crippen LogP) is 2.33. The molecule has 106 valence electrons. The Morgan fingerprint density at radius 3 is 3.05 bits per heavy atom. The van der Waals surface area contributed by atoms with E-state index < -0.39 is 0 Å². The van der Waals surface area contributed by atoms with Crippen LogP contribution in [0.4, 0.5) is 0 Å². The minimum absolute atomic E-state index is 0.313. The third-order valence-electron chi connectivity index (χ3n) is 3.31. The fourth-order valence-electron chi connectivity index (χ4n) is 2.30. The van der Waals surface area contributed by atoms with E-state index in [0.717, 1.165) is 44.1 Å². The van der Waals surface area contributed by atoms with Crippen LogP contribution in [0.3, 0.4) is 0 Å². The Bertz CT molecular complexity index is 375. The van der Waals surface area contributed by atoms with E-state index in [-0.39, 0.29) is 0 Å². The van der Waals surface area contributed by atoms with Crippen LogP contribution in [-0.2, 0) is 17.7 Å². The molecule has 1 aliphatic rings. The van der Waals surface area contributed by atoms with Crippen LogP contribution >= 0.6 is 0 Å². The lowest BCUT2D eigenvalue weighted by Gasteiger charge is -2.21. The molecule has 1 aromatic rings. The molecule has 0 saturated carbocycles. The highest BCUT2D eigenvalue weighted by Gasteiger charge is 2.15. The lowest BCUT2D eigenvalue weighted by atomic mass is 10.1. The van der Waals surface area contributed by atoms with E-state index in [4.69, 9.17) is 4.74 Å². The van der Waals surface area contributed by atoms with Crippen LogP contribution in [0.15, 0.2) is 12.3 Å². The van der Waals surface area contributed by atoms with Crippen LogP contribution in [0.25, 0.3) is 0 Å². The van der Waals surface area contributed by atoms with E-state index in [0.29, 0.717) is 12.0 Å². The maximum Gasteiger partial charge on any atom is 0.131 e. The van der Waals surface area contributed by atoms with Gasteiger partial charge in [-0.15, -0.1) is 0 Å². The number of hydrogen-bond donors (Lipinski definition) is 1. The Labute approximate surface area is 116 Å². The first-order chi connectivity index (χ1) is 9.24. The minimum Gasteiger partial charge on any atom is -0.378 e. The molecule has 0 aliphatic carbocycles. The number of nitrogens with one attached hydrogen (secondary N) is 1. The summed E-state index contributed by atoms with van der Waals surface area (Å²) in [7, 11) is 0. The van der Waals surface area contributed by atoms with E-state index in [1.807, 2.05) is 12.3 Å². The van der Waals surface area contributed by atoms with Gasteiger partial charge in [0.15, 0.2) is 0 Å². The summed E-state index contributed by atoms with van der Waals surface area (Å²) in [5.41, 5.74) is 1.07. The van der Waals surface area contributed by atoms with Gasteiger partial charge in [-0.05, 0) is 37.8 Å². The van der Waals surface area contributed by atoms with E-state index in [1.54, 1.807) is 0 Å². The van der Waals surface area contributed by atoms with Crippen molar-refractivity contribution in [3.63, 3.8) is 0 Å². The first kappa shape index (κ1) is 14.4. The van der Waals surface area contributed by atoms with Gasteiger partial charge in [0, 0.05) is 25.8 Å². The average Bonchev–Trinajstić information content (AvgIpc) is 2.40. The molecule has 0 spiro atoms. The van der Waals surface area contributed by atoms with Crippen LogP contribution in [0.5, 0.6) is 0 Å². The molecule has 4 nitrogen and oxygen atoms in total. The van der Waals surface area contributed by atoms with Gasteiger partial charge in [0.2, 0.25) is 0 Å². The second kappa shape index (κ2) is 7.56. The molecule has 1 fully saturated rings. The second-order valence-electron chi connectivity index (χ2n) is 5.68. The summed E-state index contributed by atoms with van der Waals surface area (Å²) in [5, 5.41) is 3.41. The molecule has 0 radical (unpaired) electrons. The van der Waals surface area contributed by atoms with E-state index in [1.165, 1.54) is 12.8 Å². The van der Waals surface area contributed by atoms with E-state index in [2.05, 4.69) is 29.1 Å². The van der Waals surface area contributed by atoms with Crippen molar-refractivity contribution < 1.29 is 4.74 Å². The molecule has 1 N–H and O–H groups in total. The van der Waals surface area contributed by atoms with Gasteiger partial charge < -0.3 is 10.1 Å². The monoisotopic (exact) mass is 263 g/mol. The number of hydrogen-bond acceptors (Lipinski definition) is 4. The van der Waals surface area contributed by atoms with E-state index in [9.17, 15) is 0 Å². The third-order valence-corrected chi connectivity index (χ3v) is 3.31. The highest BCUT2D eigenvalue weighted by Crippen LogP contribution is 2.15. The maximum atomic E-state index is 5.74. The molecular formula is C15H25N3O. The largest absolute Gasteiger partial charge is 0.378 e. The molecule has 2 heterocycles. The van der Waals surface area contributed by atoms with Gasteiger partial charge in [0.25, 0.3) is 0 Å². The Balaban J connectivity index is 1.83. The van der Waals surface area contributed by atoms with Crippen LogP contribution in [0, 0.1) is 5.92 Å². The zero-order valence-electron chi connectivity index (χ0n) is 12.1. The van der Waals surface area contributed by atoms with Gasteiger partial charge in [-0.2, -0.15) is 0 Å². The highest BCUT2D eigenvalue weighted by atomic mass is 16.5. The molecule has 1 atom stereocenters. The van der Waals surface area contributed by atoms with Crippen molar-refractivity contribution in [1.29, 1.82) is 0 Å². The molecule has 0 amide bonds. The Hall–Kier alpha value is -1.00. The van der Waals surface area contributed by atoms with Gasteiger partial charge in [-0.1, -0.05) is 13.8 Å². The first-order valence-electron chi connectivity index (χ1n) is 7.37. The summed E-state index contributed by atoms with van der Waals surface area (Å²) in [6.45, 7) is 7.14. The van der Waals surface area contributed by atoms with Gasteiger partial charge >= 0.3 is 0 Å². The fourth-order valence-corrected chi connectivity index (χ4v) is 2.30. The summed E-state index contributed by atoms with van der Waals surface area (Å²) >= 11 is 0. The first-order valence-corrected chi connectivity index (χ1v) is 7.37. The summed E-state index contributed by atoms with van der Waals surface area (Å²) in [6.07, 6.45) is 6.61. The molecule has 19 heavy (non-hydrogen) atoms. The van der Waals surface area contributed by atoms with Crippen molar-refractivity contribution >= 4 is 0 Å². The smallest absolute Gasteiger partial charge is 0.131 e. The van der Waals surface area contributed by atoms with Gasteiger partial charge in [-0.3, -0.25) is 0 Å². The zero-order valence-corrected chi connectivity index (χ0v) is 12.1. The lowest BCUT2D eigenvalue weighted by molar-refractivity contribution is 0.0156. The molecule has 1 aromatic heterocycles. The van der Waals surface area contributed by atoms with Crippen molar-refractivity contribution in [1.82, 2.24) is 15.3 Å². The molecule has 2 rings (SSSR count). The van der Waals surface area contributed by atoms with Gasteiger partial charge in [0.05, 0.1) is 11.8 Å². The van der Waals surface area contributed by atoms with Crippen molar-refractivity contribution in [3.05, 3.63) is 23.8 Å². The molecule has 0 aromatic carbocycles. The summed E-state index contributed by atoms with van der Waals surface area (Å²) in [4.78, 5) is 8.97. The maximum absolute atomic E-state index is 5.74. The van der Waals surface area contributed by atoms with Gasteiger partial charge in [0.1, 0.15) is 5.82 Å². The van der Waals surface area contributed by atoms with Gasteiger partial charge in [-0.25, -0.2) is 9.97 Å². The Kier molecular flexibility index (Phi) is 5.73. The van der Waals surface area contributed by atoms with Crippen LogP contribution < -0.4 is 5.32 Å². The average molecular weight is 263 g/mol. The van der Waals surface area contributed by atoms with Crippen molar-refractivity contribution in [2.75, 3.05) is 13.2 Å². The standard InChI is InChI=1S/C15H25N3O/c1-12(2)10-16-11-13-6-7-17-15(18-13)9-14-5-3-4-8-19-14/h6-7,12,14,16H,3-5,8-11H2,1-2H3. The molecule has 0 bridgehead atoms. The fraction of sp³-hybridized carbons (Fsp3) is 0.733. The Morgan fingerprint density at radius 2 is 2.32 bits per heavy atom. The van der Waals surface area contributed by atoms with Crippen LogP contribution in [0.2, 0.25) is 0 Å². The lowest BCUT2D eigenvalue weighted by Crippen LogP contribution is -2.23. The quantitative estimate of drug-likeness (QED) is 0.855. The Morgan fingerprint density at radius 1 is 1.42 bits per heavy atom. The molecule has 1 unspecified atom stereocenters. The van der Waals surface area contributed by atoms with Crippen molar-refractivity contribution in [2.45, 2.75) is 52.2 Å². The molecule has 1 saturated heterocycles. The molecular weight excluding hydrogens is 238 g/mol. The highest BCUT2D eigenvalue weighted by molar-refractivity contribution is 5.03.